The van der Waals surface area contributed by atoms with Gasteiger partial charge in [0.15, 0.2) is 5.13 Å². The van der Waals surface area contributed by atoms with Crippen LogP contribution in [0.3, 0.4) is 0 Å². The predicted octanol–water partition coefficient (Wildman–Crippen LogP) is 5.05. The van der Waals surface area contributed by atoms with Gasteiger partial charge in [0.25, 0.3) is 10.0 Å². The molecule has 0 N–H and O–H groups in total. The number of aromatic nitrogens is 1. The summed E-state index contributed by atoms with van der Waals surface area (Å²) in [6.07, 6.45) is 1.75. The first-order valence-electron chi connectivity index (χ1n) is 10.9. The van der Waals surface area contributed by atoms with Gasteiger partial charge in [-0.15, -0.1) is 11.3 Å². The minimum atomic E-state index is -3.59. The van der Waals surface area contributed by atoms with Crippen LogP contribution in [0.1, 0.15) is 19.3 Å². The Morgan fingerprint density at radius 1 is 1.12 bits per heavy atom. The maximum atomic E-state index is 13.6. The van der Waals surface area contributed by atoms with Crippen LogP contribution in [-0.4, -0.2) is 68.8 Å². The lowest BCUT2D eigenvalue weighted by Crippen LogP contribution is -2.45. The number of amides is 1. The van der Waals surface area contributed by atoms with E-state index in [1.54, 1.807) is 17.0 Å². The van der Waals surface area contributed by atoms with Gasteiger partial charge in [0.05, 0.1) is 14.6 Å². The molecule has 3 heterocycles. The van der Waals surface area contributed by atoms with E-state index in [4.69, 9.17) is 28.2 Å². The van der Waals surface area contributed by atoms with Crippen LogP contribution in [0.25, 0.3) is 10.2 Å². The minimum Gasteiger partial charge on any atom is -0.309 e. The first-order chi connectivity index (χ1) is 16.1. The van der Waals surface area contributed by atoms with Crippen LogP contribution in [0.4, 0.5) is 5.13 Å². The number of nitrogens with zero attached hydrogens (tertiary/aromatic N) is 4. The van der Waals surface area contributed by atoms with Crippen molar-refractivity contribution < 1.29 is 13.2 Å². The Hall–Kier alpha value is -1.27. The molecule has 2 aromatic heterocycles. The van der Waals surface area contributed by atoms with Gasteiger partial charge in [-0.3, -0.25) is 9.69 Å². The van der Waals surface area contributed by atoms with E-state index >= 15 is 0 Å². The van der Waals surface area contributed by atoms with E-state index in [0.717, 1.165) is 34.5 Å². The molecule has 1 aliphatic heterocycles. The minimum absolute atomic E-state index is 0.000116. The van der Waals surface area contributed by atoms with Crippen molar-refractivity contribution in [1.29, 1.82) is 0 Å². The normalized spacial score (nSPS) is 15.9. The lowest BCUT2D eigenvalue weighted by atomic mass is 9.96. The summed E-state index contributed by atoms with van der Waals surface area (Å²) in [7, 11) is 0.412. The maximum absolute atomic E-state index is 13.6. The molecular formula is C22H26Cl2N4O3S3. The number of carbonyl (C=O) groups excluding carboxylic acids is 1. The van der Waals surface area contributed by atoms with E-state index in [1.807, 2.05) is 26.2 Å². The van der Waals surface area contributed by atoms with E-state index in [9.17, 15) is 13.2 Å². The zero-order chi connectivity index (χ0) is 24.5. The first-order valence-corrected chi connectivity index (χ1v) is 14.8. The van der Waals surface area contributed by atoms with Crippen LogP contribution in [0.5, 0.6) is 0 Å². The Morgan fingerprint density at radius 2 is 1.85 bits per heavy atom. The van der Waals surface area contributed by atoms with Crippen molar-refractivity contribution in [2.24, 2.45) is 5.92 Å². The summed E-state index contributed by atoms with van der Waals surface area (Å²) in [5.41, 5.74) is 0.810. The SMILES string of the molecule is CN(C)CCCN(C(=O)C1CCN(S(=O)(=O)c2ccc(Cl)s2)CC1)c1nc2ccc(Cl)cc2s1. The largest absolute Gasteiger partial charge is 0.309 e. The average Bonchev–Trinajstić information content (AvgIpc) is 3.42. The third kappa shape index (κ3) is 5.75. The van der Waals surface area contributed by atoms with Gasteiger partial charge in [-0.2, -0.15) is 4.31 Å². The fourth-order valence-electron chi connectivity index (χ4n) is 3.97. The standard InChI is InChI=1S/C22H26Cl2N4O3S3/c1-26(2)10-3-11-28(22-25-17-5-4-16(23)14-18(17)32-22)21(29)15-8-12-27(13-9-15)34(30,31)20-7-6-19(24)33-20/h4-7,14-15H,3,8-13H2,1-2H3. The van der Waals surface area contributed by atoms with Gasteiger partial charge in [0.1, 0.15) is 4.21 Å². The molecule has 1 aliphatic rings. The Balaban J connectivity index is 1.50. The summed E-state index contributed by atoms with van der Waals surface area (Å²) in [6.45, 7) is 2.00. The molecule has 1 amide bonds. The summed E-state index contributed by atoms with van der Waals surface area (Å²) >= 11 is 14.6. The third-order valence-corrected chi connectivity index (χ3v) is 10.6. The van der Waals surface area contributed by atoms with Gasteiger partial charge in [-0.25, -0.2) is 13.4 Å². The van der Waals surface area contributed by atoms with E-state index in [2.05, 4.69) is 4.90 Å². The van der Waals surface area contributed by atoms with Crippen molar-refractivity contribution in [3.8, 4) is 0 Å². The second kappa shape index (κ2) is 10.8. The summed E-state index contributed by atoms with van der Waals surface area (Å²) in [6, 6.07) is 8.64. The number of thiazole rings is 1. The molecule has 0 bridgehead atoms. The van der Waals surface area contributed by atoms with E-state index in [1.165, 1.54) is 21.7 Å². The molecule has 4 rings (SSSR count). The number of halogens is 2. The lowest BCUT2D eigenvalue weighted by Gasteiger charge is -2.32. The van der Waals surface area contributed by atoms with E-state index in [0.29, 0.717) is 47.0 Å². The van der Waals surface area contributed by atoms with Crippen molar-refractivity contribution in [2.75, 3.05) is 45.2 Å². The first kappa shape index (κ1) is 25.8. The molecule has 0 aliphatic carbocycles. The van der Waals surface area contributed by atoms with Gasteiger partial charge in [-0.1, -0.05) is 34.5 Å². The predicted molar refractivity (Wildman–Crippen MR) is 141 cm³/mol. The molecular weight excluding hydrogens is 535 g/mol. The van der Waals surface area contributed by atoms with Gasteiger partial charge >= 0.3 is 0 Å². The van der Waals surface area contributed by atoms with Crippen LogP contribution < -0.4 is 4.90 Å². The molecule has 0 spiro atoms. The number of thiophene rings is 1. The van der Waals surface area contributed by atoms with E-state index in [-0.39, 0.29) is 16.0 Å². The van der Waals surface area contributed by atoms with Crippen molar-refractivity contribution >= 4 is 77.2 Å². The zero-order valence-electron chi connectivity index (χ0n) is 18.9. The maximum Gasteiger partial charge on any atom is 0.252 e. The van der Waals surface area contributed by atoms with Crippen molar-refractivity contribution in [3.63, 3.8) is 0 Å². The van der Waals surface area contributed by atoms with Crippen molar-refractivity contribution in [2.45, 2.75) is 23.5 Å². The van der Waals surface area contributed by atoms with Gasteiger partial charge in [0, 0.05) is 30.6 Å². The summed E-state index contributed by atoms with van der Waals surface area (Å²) in [4.78, 5) is 22.2. The summed E-state index contributed by atoms with van der Waals surface area (Å²) < 4.78 is 28.9. The highest BCUT2D eigenvalue weighted by Crippen LogP contribution is 2.34. The highest BCUT2D eigenvalue weighted by atomic mass is 35.5. The Bertz CT molecular complexity index is 1270. The number of rotatable bonds is 8. The number of hydrogen-bond donors (Lipinski definition) is 0. The number of anilines is 1. The van der Waals surface area contributed by atoms with Gasteiger partial charge in [0.2, 0.25) is 5.91 Å². The van der Waals surface area contributed by atoms with Gasteiger partial charge in [-0.05, 0) is 70.2 Å². The van der Waals surface area contributed by atoms with Crippen LogP contribution in [-0.2, 0) is 14.8 Å². The van der Waals surface area contributed by atoms with Gasteiger partial charge < -0.3 is 4.90 Å². The molecule has 0 saturated carbocycles. The fraction of sp³-hybridized carbons (Fsp3) is 0.455. The molecule has 1 saturated heterocycles. The lowest BCUT2D eigenvalue weighted by molar-refractivity contribution is -0.123. The molecule has 0 atom stereocenters. The number of piperidine rings is 1. The molecule has 34 heavy (non-hydrogen) atoms. The van der Waals surface area contributed by atoms with Crippen LogP contribution in [0.2, 0.25) is 9.36 Å². The molecule has 1 aromatic carbocycles. The fourth-order valence-corrected chi connectivity index (χ4v) is 8.35. The molecule has 12 heteroatoms. The number of benzene rings is 1. The van der Waals surface area contributed by atoms with Crippen LogP contribution in [0, 0.1) is 5.92 Å². The highest BCUT2D eigenvalue weighted by molar-refractivity contribution is 7.91. The molecule has 3 aromatic rings. The summed E-state index contributed by atoms with van der Waals surface area (Å²) in [5.74, 6) is -0.256. The van der Waals surface area contributed by atoms with Crippen LogP contribution >= 0.6 is 45.9 Å². The molecule has 0 radical (unpaired) electrons. The van der Waals surface area contributed by atoms with Crippen LogP contribution in [0.15, 0.2) is 34.5 Å². The third-order valence-electron chi connectivity index (χ3n) is 5.77. The smallest absolute Gasteiger partial charge is 0.252 e. The van der Waals surface area contributed by atoms with E-state index < -0.39 is 10.0 Å². The summed E-state index contributed by atoms with van der Waals surface area (Å²) in [5, 5.41) is 1.29. The average molecular weight is 562 g/mol. The molecule has 184 valence electrons. The Kier molecular flexibility index (Phi) is 8.18. The number of sulfonamides is 1. The van der Waals surface area contributed by atoms with Crippen molar-refractivity contribution in [3.05, 3.63) is 39.7 Å². The zero-order valence-corrected chi connectivity index (χ0v) is 22.9. The highest BCUT2D eigenvalue weighted by Gasteiger charge is 2.35. The molecule has 7 nitrogen and oxygen atoms in total. The Labute approximate surface area is 217 Å². The monoisotopic (exact) mass is 560 g/mol. The second-order valence-corrected chi connectivity index (χ2v) is 13.8. The second-order valence-electron chi connectivity index (χ2n) is 8.49. The quantitative estimate of drug-likeness (QED) is 0.385. The molecule has 1 fully saturated rings. The Morgan fingerprint density at radius 3 is 2.50 bits per heavy atom. The number of fused-ring (bicyclic) bond motifs is 1. The van der Waals surface area contributed by atoms with Crippen molar-refractivity contribution in [1.82, 2.24) is 14.2 Å². The molecule has 0 unspecified atom stereocenters. The topological polar surface area (TPSA) is 73.8 Å². The number of hydrogen-bond acceptors (Lipinski definition) is 7. The number of carbonyl (C=O) groups is 1.